The summed E-state index contributed by atoms with van der Waals surface area (Å²) in [6.07, 6.45) is 0. The summed E-state index contributed by atoms with van der Waals surface area (Å²) in [5, 5.41) is 7.57. The van der Waals surface area contributed by atoms with Crippen LogP contribution in [0.1, 0.15) is 0 Å². The van der Waals surface area contributed by atoms with Crippen LogP contribution in [0.25, 0.3) is 120 Å². The van der Waals surface area contributed by atoms with Crippen molar-refractivity contribution in [2.45, 2.75) is 0 Å². The zero-order valence-electron chi connectivity index (χ0n) is 34.1. The van der Waals surface area contributed by atoms with E-state index in [1.165, 1.54) is 74.9 Å². The molecule has 0 saturated heterocycles. The highest BCUT2D eigenvalue weighted by Crippen LogP contribution is 2.40. The molecule has 9 aromatic carbocycles. The Hall–Kier alpha value is -8.05. The van der Waals surface area contributed by atoms with Crippen LogP contribution < -0.4 is 0 Å². The van der Waals surface area contributed by atoms with E-state index in [1.54, 1.807) is 0 Å². The molecular formula is C59H37N3S. The van der Waals surface area contributed by atoms with E-state index in [-0.39, 0.29) is 0 Å². The molecule has 4 heterocycles. The Morgan fingerprint density at radius 2 is 0.683 bits per heavy atom. The topological polar surface area (TPSA) is 22.8 Å². The molecule has 0 aliphatic carbocycles. The fourth-order valence-electron chi connectivity index (χ4n) is 9.76. The summed E-state index contributed by atoms with van der Waals surface area (Å²) in [7, 11) is 0. The first kappa shape index (κ1) is 35.7. The summed E-state index contributed by atoms with van der Waals surface area (Å²) in [5.41, 5.74) is 15.5. The number of benzene rings is 9. The van der Waals surface area contributed by atoms with Crippen LogP contribution in [0.4, 0.5) is 0 Å². The largest absolute Gasteiger partial charge is 0.309 e. The van der Waals surface area contributed by atoms with Gasteiger partial charge in [0.1, 0.15) is 0 Å². The van der Waals surface area contributed by atoms with E-state index >= 15 is 0 Å². The Kier molecular flexibility index (Phi) is 8.08. The molecular weight excluding hydrogens is 783 g/mol. The van der Waals surface area contributed by atoms with E-state index in [1.807, 2.05) is 11.3 Å². The van der Waals surface area contributed by atoms with Gasteiger partial charge in [0.25, 0.3) is 0 Å². The Labute approximate surface area is 368 Å². The highest BCUT2D eigenvalue weighted by atomic mass is 32.1. The molecule has 294 valence electrons. The van der Waals surface area contributed by atoms with Gasteiger partial charge in [0.05, 0.1) is 33.5 Å². The normalized spacial score (nSPS) is 11.8. The number of fused-ring (bicyclic) bond motifs is 9. The molecule has 0 amide bonds. The van der Waals surface area contributed by atoms with Gasteiger partial charge < -0.3 is 9.13 Å². The number of nitrogens with zero attached hydrogens (tertiary/aromatic N) is 3. The van der Waals surface area contributed by atoms with Crippen LogP contribution in [-0.2, 0) is 0 Å². The zero-order valence-corrected chi connectivity index (χ0v) is 34.9. The minimum atomic E-state index is 0.929. The van der Waals surface area contributed by atoms with Gasteiger partial charge in [0, 0.05) is 64.2 Å². The maximum Gasteiger partial charge on any atom is 0.0715 e. The molecule has 13 aromatic rings. The second-order valence-electron chi connectivity index (χ2n) is 16.4. The number of aromatic nitrogens is 3. The van der Waals surface area contributed by atoms with Crippen LogP contribution in [0.2, 0.25) is 0 Å². The van der Waals surface area contributed by atoms with E-state index in [2.05, 4.69) is 234 Å². The van der Waals surface area contributed by atoms with Crippen molar-refractivity contribution in [1.82, 2.24) is 14.1 Å². The van der Waals surface area contributed by atoms with Crippen molar-refractivity contribution in [3.05, 3.63) is 224 Å². The lowest BCUT2D eigenvalue weighted by atomic mass is 9.97. The Morgan fingerprint density at radius 1 is 0.270 bits per heavy atom. The molecule has 3 nitrogen and oxygen atoms in total. The summed E-state index contributed by atoms with van der Waals surface area (Å²) in [6, 6.07) is 81.7. The van der Waals surface area contributed by atoms with Crippen molar-refractivity contribution in [2.24, 2.45) is 0 Å². The lowest BCUT2D eigenvalue weighted by molar-refractivity contribution is 1.13. The van der Waals surface area contributed by atoms with Gasteiger partial charge in [-0.15, -0.1) is 11.3 Å². The molecule has 0 spiro atoms. The molecule has 63 heavy (non-hydrogen) atoms. The molecule has 0 aliphatic rings. The van der Waals surface area contributed by atoms with E-state index in [0.29, 0.717) is 0 Å². The quantitative estimate of drug-likeness (QED) is 0.164. The third-order valence-electron chi connectivity index (χ3n) is 12.7. The highest BCUT2D eigenvalue weighted by molar-refractivity contribution is 7.25. The van der Waals surface area contributed by atoms with Crippen LogP contribution >= 0.6 is 11.3 Å². The summed E-state index contributed by atoms with van der Waals surface area (Å²) in [4.78, 5) is 5.37. The first-order valence-corrected chi connectivity index (χ1v) is 22.3. The minimum absolute atomic E-state index is 0.929. The van der Waals surface area contributed by atoms with Crippen molar-refractivity contribution < 1.29 is 0 Å². The molecule has 0 saturated carbocycles. The second kappa shape index (κ2) is 14.3. The summed E-state index contributed by atoms with van der Waals surface area (Å²) < 4.78 is 7.50. The average Bonchev–Trinajstić information content (AvgIpc) is 4.02. The molecule has 0 fully saturated rings. The summed E-state index contributed by atoms with van der Waals surface area (Å²) >= 11 is 1.85. The Morgan fingerprint density at radius 3 is 1.24 bits per heavy atom. The summed E-state index contributed by atoms with van der Waals surface area (Å²) in [5.74, 6) is 0. The Bertz CT molecular complexity index is 3670. The maximum atomic E-state index is 5.37. The van der Waals surface area contributed by atoms with Crippen molar-refractivity contribution in [1.29, 1.82) is 0 Å². The molecule has 0 N–H and O–H groups in total. The van der Waals surface area contributed by atoms with E-state index in [0.717, 1.165) is 45.0 Å². The smallest absolute Gasteiger partial charge is 0.0715 e. The number of thiophene rings is 1. The molecule has 4 heteroatoms. The van der Waals surface area contributed by atoms with Crippen molar-refractivity contribution in [2.75, 3.05) is 0 Å². The fourth-order valence-corrected chi connectivity index (χ4v) is 10.8. The fraction of sp³-hybridized carbons (Fsp3) is 0. The minimum Gasteiger partial charge on any atom is -0.309 e. The van der Waals surface area contributed by atoms with Gasteiger partial charge in [-0.1, -0.05) is 152 Å². The molecule has 0 radical (unpaired) electrons. The predicted octanol–water partition coefficient (Wildman–Crippen LogP) is 16.3. The third-order valence-corrected chi connectivity index (χ3v) is 13.8. The molecule has 13 rings (SSSR count). The van der Waals surface area contributed by atoms with Gasteiger partial charge in [-0.3, -0.25) is 0 Å². The molecule has 0 aliphatic heterocycles. The monoisotopic (exact) mass is 819 g/mol. The van der Waals surface area contributed by atoms with Gasteiger partial charge in [-0.05, 0) is 95.1 Å². The van der Waals surface area contributed by atoms with Crippen molar-refractivity contribution in [3.8, 4) is 56.1 Å². The van der Waals surface area contributed by atoms with E-state index in [9.17, 15) is 0 Å². The van der Waals surface area contributed by atoms with Crippen LogP contribution in [0.15, 0.2) is 224 Å². The molecule has 0 atom stereocenters. The van der Waals surface area contributed by atoms with Crippen LogP contribution in [0.3, 0.4) is 0 Å². The number of rotatable bonds is 6. The molecule has 0 unspecified atom stereocenters. The van der Waals surface area contributed by atoms with Crippen molar-refractivity contribution >= 4 is 75.1 Å². The Balaban J connectivity index is 1.02. The maximum absolute atomic E-state index is 5.37. The average molecular weight is 820 g/mol. The van der Waals surface area contributed by atoms with Gasteiger partial charge in [0.2, 0.25) is 0 Å². The number of hydrogen-bond acceptors (Lipinski definition) is 2. The highest BCUT2D eigenvalue weighted by Gasteiger charge is 2.19. The van der Waals surface area contributed by atoms with Crippen LogP contribution in [0, 0.1) is 0 Å². The lowest BCUT2D eigenvalue weighted by Gasteiger charge is -2.17. The molecule has 0 bridgehead atoms. The van der Waals surface area contributed by atoms with E-state index in [4.69, 9.17) is 4.98 Å². The van der Waals surface area contributed by atoms with Crippen molar-refractivity contribution in [3.63, 3.8) is 0 Å². The number of pyridine rings is 1. The zero-order chi connectivity index (χ0) is 41.4. The van der Waals surface area contributed by atoms with Gasteiger partial charge in [-0.25, -0.2) is 4.98 Å². The third kappa shape index (κ3) is 5.84. The van der Waals surface area contributed by atoms with Gasteiger partial charge in [-0.2, -0.15) is 0 Å². The van der Waals surface area contributed by atoms with Gasteiger partial charge >= 0.3 is 0 Å². The SMILES string of the molecule is c1ccc(-c2cc(-c3cc(-n4c5ccccc5c5ccccc54)cc(-n4c5ccccc5c5ccccc54)c3)cc(-c3ccc(-c4ccc5sc6ccccc6c5c4)cc3)n2)cc1. The molecule has 4 aromatic heterocycles. The van der Waals surface area contributed by atoms with Crippen LogP contribution in [0.5, 0.6) is 0 Å². The predicted molar refractivity (Wildman–Crippen MR) is 268 cm³/mol. The number of para-hydroxylation sites is 4. The lowest BCUT2D eigenvalue weighted by Crippen LogP contribution is -2.00. The first-order valence-electron chi connectivity index (χ1n) is 21.4. The van der Waals surface area contributed by atoms with E-state index < -0.39 is 0 Å². The number of hydrogen-bond donors (Lipinski definition) is 0. The summed E-state index contributed by atoms with van der Waals surface area (Å²) in [6.45, 7) is 0. The first-order chi connectivity index (χ1) is 31.2. The standard InChI is InChI=1S/C59H37N3S/c1-2-14-39(15-3-1)52-35-43(36-53(60-52)40-28-26-38(27-29-40)41-30-31-59-51(34-41)50-20-8-13-25-58(50)63-59)42-32-44(61-54-21-9-4-16-46(54)47-17-5-10-22-55(47)61)37-45(33-42)62-56-23-11-6-18-48(56)49-19-7-12-24-57(49)62/h1-37H. The second-order valence-corrected chi connectivity index (χ2v) is 17.4. The van der Waals surface area contributed by atoms with Crippen LogP contribution in [-0.4, -0.2) is 14.1 Å². The van der Waals surface area contributed by atoms with Gasteiger partial charge in [0.15, 0.2) is 0 Å².